The minimum Gasteiger partial charge on any atom is -0.497 e. The van der Waals surface area contributed by atoms with E-state index >= 15 is 0 Å². The molecule has 1 atom stereocenters. The van der Waals surface area contributed by atoms with Crippen molar-refractivity contribution in [2.75, 3.05) is 20.0 Å². The normalized spacial score (nSPS) is 11.6. The van der Waals surface area contributed by atoms with Crippen molar-refractivity contribution in [3.05, 3.63) is 23.8 Å². The Labute approximate surface area is 127 Å². The number of thioether (sulfide) groups is 1. The van der Waals surface area contributed by atoms with Gasteiger partial charge in [0.15, 0.2) is 0 Å². The molecule has 0 aliphatic heterocycles. The third-order valence-corrected chi connectivity index (χ3v) is 3.79. The lowest BCUT2D eigenvalue weighted by Gasteiger charge is -2.14. The minimum absolute atomic E-state index is 0.273. The molecule has 0 saturated carbocycles. The highest BCUT2D eigenvalue weighted by Crippen LogP contribution is 2.27. The molecule has 116 valence electrons. The van der Waals surface area contributed by atoms with E-state index in [4.69, 9.17) is 14.6 Å². The van der Waals surface area contributed by atoms with Crippen LogP contribution in [0.5, 0.6) is 11.5 Å². The predicted octanol–water partition coefficient (Wildman–Crippen LogP) is 1.53. The minimum atomic E-state index is -1.05. The van der Waals surface area contributed by atoms with E-state index in [2.05, 4.69) is 5.32 Å². The second kappa shape index (κ2) is 8.41. The number of aliphatic carboxylic acids is 1. The van der Waals surface area contributed by atoms with E-state index in [1.165, 1.54) is 18.7 Å². The maximum Gasteiger partial charge on any atom is 0.327 e. The second-order valence-electron chi connectivity index (χ2n) is 4.28. The summed E-state index contributed by atoms with van der Waals surface area (Å²) in [5.74, 6) is 0.856. The molecule has 0 bridgehead atoms. The van der Waals surface area contributed by atoms with Gasteiger partial charge in [-0.15, -0.1) is 0 Å². The molecule has 7 heteroatoms. The Hall–Kier alpha value is -1.89. The van der Waals surface area contributed by atoms with Gasteiger partial charge in [-0.05, 0) is 18.2 Å². The SMILES string of the molecule is COc1ccc(OC)c(CSC[C@H](NC(C)=O)C(=O)O)c1. The number of hydrogen-bond acceptors (Lipinski definition) is 5. The zero-order chi connectivity index (χ0) is 15.8. The van der Waals surface area contributed by atoms with Gasteiger partial charge in [0.1, 0.15) is 17.5 Å². The van der Waals surface area contributed by atoms with Crippen molar-refractivity contribution in [2.24, 2.45) is 0 Å². The van der Waals surface area contributed by atoms with Gasteiger partial charge in [0, 0.05) is 24.0 Å². The van der Waals surface area contributed by atoms with Crippen LogP contribution >= 0.6 is 11.8 Å². The molecular formula is C14H19NO5S. The third-order valence-electron chi connectivity index (χ3n) is 2.71. The van der Waals surface area contributed by atoms with E-state index < -0.39 is 12.0 Å². The first-order valence-corrected chi connectivity index (χ1v) is 7.42. The number of ether oxygens (including phenoxy) is 2. The van der Waals surface area contributed by atoms with Crippen LogP contribution in [-0.4, -0.2) is 43.0 Å². The van der Waals surface area contributed by atoms with Gasteiger partial charge in [0.2, 0.25) is 5.91 Å². The molecule has 0 radical (unpaired) electrons. The molecule has 0 fully saturated rings. The highest BCUT2D eigenvalue weighted by molar-refractivity contribution is 7.98. The molecule has 6 nitrogen and oxygen atoms in total. The van der Waals surface area contributed by atoms with Crippen molar-refractivity contribution >= 4 is 23.6 Å². The topological polar surface area (TPSA) is 84.9 Å². The summed E-state index contributed by atoms with van der Waals surface area (Å²) in [5, 5.41) is 11.4. The Kier molecular flexibility index (Phi) is 6.87. The Morgan fingerprint density at radius 1 is 1.33 bits per heavy atom. The molecule has 0 heterocycles. The number of hydrogen-bond donors (Lipinski definition) is 2. The predicted molar refractivity (Wildman–Crippen MR) is 80.9 cm³/mol. The van der Waals surface area contributed by atoms with Crippen LogP contribution < -0.4 is 14.8 Å². The summed E-state index contributed by atoms with van der Waals surface area (Å²) < 4.78 is 10.4. The molecule has 1 aromatic carbocycles. The molecule has 1 amide bonds. The summed E-state index contributed by atoms with van der Waals surface area (Å²) in [7, 11) is 3.16. The molecule has 2 N–H and O–H groups in total. The fourth-order valence-corrected chi connectivity index (χ4v) is 2.73. The molecular weight excluding hydrogens is 294 g/mol. The van der Waals surface area contributed by atoms with Crippen molar-refractivity contribution in [3.8, 4) is 11.5 Å². The summed E-state index contributed by atoms with van der Waals surface area (Å²) in [4.78, 5) is 22.0. The Morgan fingerprint density at radius 3 is 2.57 bits per heavy atom. The molecule has 1 rings (SSSR count). The van der Waals surface area contributed by atoms with Crippen molar-refractivity contribution in [1.29, 1.82) is 0 Å². The lowest BCUT2D eigenvalue weighted by Crippen LogP contribution is -2.41. The molecule has 0 spiro atoms. The van der Waals surface area contributed by atoms with Crippen LogP contribution in [0.4, 0.5) is 0 Å². The molecule has 0 aliphatic carbocycles. The van der Waals surface area contributed by atoms with Crippen molar-refractivity contribution in [2.45, 2.75) is 18.7 Å². The summed E-state index contributed by atoms with van der Waals surface area (Å²) in [5.41, 5.74) is 0.911. The molecule has 0 aromatic heterocycles. The van der Waals surface area contributed by atoms with E-state index in [9.17, 15) is 9.59 Å². The number of carbonyl (C=O) groups is 2. The van der Waals surface area contributed by atoms with Crippen LogP contribution in [0.3, 0.4) is 0 Å². The van der Waals surface area contributed by atoms with E-state index in [-0.39, 0.29) is 11.7 Å². The zero-order valence-electron chi connectivity index (χ0n) is 12.2. The Morgan fingerprint density at radius 2 is 2.05 bits per heavy atom. The number of benzene rings is 1. The number of amides is 1. The first kappa shape index (κ1) is 17.2. The number of methoxy groups -OCH3 is 2. The maximum absolute atomic E-state index is 11.0. The van der Waals surface area contributed by atoms with Crippen LogP contribution in [0.25, 0.3) is 0 Å². The molecule has 21 heavy (non-hydrogen) atoms. The number of carbonyl (C=O) groups excluding carboxylic acids is 1. The fraction of sp³-hybridized carbons (Fsp3) is 0.429. The summed E-state index contributed by atoms with van der Waals surface area (Å²) in [6, 6.07) is 4.55. The van der Waals surface area contributed by atoms with Crippen LogP contribution in [0.2, 0.25) is 0 Å². The Bertz CT molecular complexity index is 506. The van der Waals surface area contributed by atoms with Crippen molar-refractivity contribution in [1.82, 2.24) is 5.32 Å². The third kappa shape index (κ3) is 5.55. The maximum atomic E-state index is 11.0. The van der Waals surface area contributed by atoms with Crippen LogP contribution in [0, 0.1) is 0 Å². The van der Waals surface area contributed by atoms with Gasteiger partial charge in [-0.2, -0.15) is 11.8 Å². The second-order valence-corrected chi connectivity index (χ2v) is 5.31. The quantitative estimate of drug-likeness (QED) is 0.757. The molecule has 0 saturated heterocycles. The van der Waals surface area contributed by atoms with Gasteiger partial charge in [-0.1, -0.05) is 0 Å². The van der Waals surface area contributed by atoms with Gasteiger partial charge in [0.05, 0.1) is 14.2 Å². The molecule has 0 aliphatic rings. The summed E-state index contributed by atoms with van der Waals surface area (Å²) in [6.45, 7) is 1.30. The number of carboxylic acid groups (broad SMARTS) is 1. The number of nitrogens with one attached hydrogen (secondary N) is 1. The lowest BCUT2D eigenvalue weighted by atomic mass is 10.2. The molecule has 0 unspecified atom stereocenters. The van der Waals surface area contributed by atoms with Crippen LogP contribution in [-0.2, 0) is 15.3 Å². The highest BCUT2D eigenvalue weighted by atomic mass is 32.2. The monoisotopic (exact) mass is 313 g/mol. The van der Waals surface area contributed by atoms with Crippen LogP contribution in [0.15, 0.2) is 18.2 Å². The zero-order valence-corrected chi connectivity index (χ0v) is 13.0. The highest BCUT2D eigenvalue weighted by Gasteiger charge is 2.18. The largest absolute Gasteiger partial charge is 0.497 e. The molecule has 1 aromatic rings. The summed E-state index contributed by atoms with van der Waals surface area (Å²) >= 11 is 1.40. The Balaban J connectivity index is 2.65. The summed E-state index contributed by atoms with van der Waals surface area (Å²) in [6.07, 6.45) is 0. The van der Waals surface area contributed by atoms with E-state index in [0.717, 1.165) is 11.3 Å². The van der Waals surface area contributed by atoms with Gasteiger partial charge >= 0.3 is 5.97 Å². The van der Waals surface area contributed by atoms with E-state index in [0.29, 0.717) is 11.5 Å². The number of carboxylic acids is 1. The standard InChI is InChI=1S/C14H19NO5S/c1-9(16)15-12(14(17)18)8-21-7-10-6-11(19-2)4-5-13(10)20-3/h4-6,12H,7-8H2,1-3H3,(H,15,16)(H,17,18)/t12-/m0/s1. The number of rotatable bonds is 8. The van der Waals surface area contributed by atoms with E-state index in [1.807, 2.05) is 6.07 Å². The smallest absolute Gasteiger partial charge is 0.327 e. The fourth-order valence-electron chi connectivity index (χ4n) is 1.70. The first-order chi connectivity index (χ1) is 9.97. The van der Waals surface area contributed by atoms with Crippen molar-refractivity contribution in [3.63, 3.8) is 0 Å². The van der Waals surface area contributed by atoms with E-state index in [1.54, 1.807) is 26.4 Å². The van der Waals surface area contributed by atoms with Gasteiger partial charge in [0.25, 0.3) is 0 Å². The van der Waals surface area contributed by atoms with Gasteiger partial charge in [-0.3, -0.25) is 4.79 Å². The van der Waals surface area contributed by atoms with Gasteiger partial charge < -0.3 is 19.9 Å². The van der Waals surface area contributed by atoms with Gasteiger partial charge in [-0.25, -0.2) is 4.79 Å². The lowest BCUT2D eigenvalue weighted by molar-refractivity contribution is -0.140. The van der Waals surface area contributed by atoms with Crippen molar-refractivity contribution < 1.29 is 24.2 Å². The average molecular weight is 313 g/mol. The first-order valence-electron chi connectivity index (χ1n) is 6.26. The average Bonchev–Trinajstić information content (AvgIpc) is 2.45. The van der Waals surface area contributed by atoms with Crippen LogP contribution in [0.1, 0.15) is 12.5 Å².